The molecule has 0 saturated carbocycles. The maximum Gasteiger partial charge on any atom is 0.166 e. The minimum absolute atomic E-state index is 0.547. The van der Waals surface area contributed by atoms with E-state index in [0.29, 0.717) is 36.3 Å². The number of halogens is 1. The topological polar surface area (TPSA) is 53.7 Å². The first-order valence-corrected chi connectivity index (χ1v) is 6.00. The highest BCUT2D eigenvalue weighted by molar-refractivity contribution is 6.33. The zero-order valence-corrected chi connectivity index (χ0v) is 10.5. The van der Waals surface area contributed by atoms with E-state index in [1.807, 2.05) is 0 Å². The maximum atomic E-state index is 6.28. The van der Waals surface area contributed by atoms with Crippen LogP contribution in [-0.2, 0) is 6.42 Å². The third kappa shape index (κ3) is 2.42. The number of rotatable bonds is 4. The van der Waals surface area contributed by atoms with Gasteiger partial charge in [-0.2, -0.15) is 0 Å². The van der Waals surface area contributed by atoms with Crippen molar-refractivity contribution in [3.05, 3.63) is 16.7 Å². The fraction of sp³-hybridized carbons (Fsp3) is 0.500. The van der Waals surface area contributed by atoms with E-state index in [4.69, 9.17) is 31.5 Å². The minimum Gasteiger partial charge on any atom is -0.495 e. The normalized spacial score (nSPS) is 13.6. The Morgan fingerprint density at radius 3 is 2.88 bits per heavy atom. The molecule has 0 aromatic heterocycles. The van der Waals surface area contributed by atoms with Gasteiger partial charge in [0.2, 0.25) is 0 Å². The fourth-order valence-corrected chi connectivity index (χ4v) is 2.17. The number of fused-ring (bicyclic) bond motifs is 1. The number of methoxy groups -OCH3 is 1. The van der Waals surface area contributed by atoms with E-state index in [9.17, 15) is 0 Å². The van der Waals surface area contributed by atoms with E-state index < -0.39 is 0 Å². The van der Waals surface area contributed by atoms with Gasteiger partial charge in [-0.15, -0.1) is 0 Å². The number of benzene rings is 1. The van der Waals surface area contributed by atoms with Gasteiger partial charge in [0.15, 0.2) is 11.5 Å². The van der Waals surface area contributed by atoms with Crippen molar-refractivity contribution in [2.45, 2.75) is 12.8 Å². The van der Waals surface area contributed by atoms with E-state index in [-0.39, 0.29) is 0 Å². The van der Waals surface area contributed by atoms with Gasteiger partial charge in [0.25, 0.3) is 0 Å². The monoisotopic (exact) mass is 257 g/mol. The Morgan fingerprint density at radius 2 is 2.18 bits per heavy atom. The third-order valence-electron chi connectivity index (χ3n) is 2.68. The van der Waals surface area contributed by atoms with Gasteiger partial charge in [-0.3, -0.25) is 0 Å². The van der Waals surface area contributed by atoms with Crippen molar-refractivity contribution in [2.24, 2.45) is 5.73 Å². The van der Waals surface area contributed by atoms with Crippen molar-refractivity contribution in [3.8, 4) is 17.2 Å². The summed E-state index contributed by atoms with van der Waals surface area (Å²) in [5.41, 5.74) is 6.45. The Bertz CT molecular complexity index is 409. The van der Waals surface area contributed by atoms with Crippen molar-refractivity contribution in [1.29, 1.82) is 0 Å². The SMILES string of the molecule is COc1cc2c(c(CCCN)c1Cl)OCCO2. The highest BCUT2D eigenvalue weighted by Gasteiger charge is 2.22. The molecule has 0 fully saturated rings. The van der Waals surface area contributed by atoms with Crippen LogP contribution in [0.4, 0.5) is 0 Å². The number of nitrogens with two attached hydrogens (primary N) is 1. The smallest absolute Gasteiger partial charge is 0.166 e. The highest BCUT2D eigenvalue weighted by Crippen LogP contribution is 2.44. The van der Waals surface area contributed by atoms with Crippen LogP contribution in [0.5, 0.6) is 17.2 Å². The zero-order valence-electron chi connectivity index (χ0n) is 9.79. The molecule has 17 heavy (non-hydrogen) atoms. The summed E-state index contributed by atoms with van der Waals surface area (Å²) >= 11 is 6.28. The Balaban J connectivity index is 2.44. The molecule has 1 aliphatic rings. The summed E-state index contributed by atoms with van der Waals surface area (Å²) in [5, 5.41) is 0.588. The molecule has 0 atom stereocenters. The molecular formula is C12H16ClNO3. The van der Waals surface area contributed by atoms with Gasteiger partial charge in [-0.1, -0.05) is 11.6 Å². The molecule has 94 valence electrons. The second kappa shape index (κ2) is 5.47. The summed E-state index contributed by atoms with van der Waals surface area (Å²) in [6.45, 7) is 1.71. The average Bonchev–Trinajstić information content (AvgIpc) is 2.37. The third-order valence-corrected chi connectivity index (χ3v) is 3.09. The van der Waals surface area contributed by atoms with Gasteiger partial charge in [0, 0.05) is 11.6 Å². The molecule has 1 aliphatic heterocycles. The second-order valence-electron chi connectivity index (χ2n) is 3.79. The van der Waals surface area contributed by atoms with E-state index in [0.717, 1.165) is 24.2 Å². The van der Waals surface area contributed by atoms with Gasteiger partial charge >= 0.3 is 0 Å². The van der Waals surface area contributed by atoms with Crippen LogP contribution in [0.15, 0.2) is 6.07 Å². The van der Waals surface area contributed by atoms with Crippen LogP contribution in [0.3, 0.4) is 0 Å². The van der Waals surface area contributed by atoms with Crippen LogP contribution in [0.2, 0.25) is 5.02 Å². The lowest BCUT2D eigenvalue weighted by atomic mass is 10.1. The quantitative estimate of drug-likeness (QED) is 0.897. The van der Waals surface area contributed by atoms with Crippen LogP contribution in [0.25, 0.3) is 0 Å². The Hall–Kier alpha value is -1.13. The molecule has 0 amide bonds. The van der Waals surface area contributed by atoms with Gasteiger partial charge in [0.1, 0.15) is 19.0 Å². The Kier molecular flexibility index (Phi) is 3.97. The summed E-state index contributed by atoms with van der Waals surface area (Å²) in [5.74, 6) is 2.04. The van der Waals surface area contributed by atoms with Gasteiger partial charge < -0.3 is 19.9 Å². The lowest BCUT2D eigenvalue weighted by molar-refractivity contribution is 0.169. The van der Waals surface area contributed by atoms with Crippen LogP contribution in [-0.4, -0.2) is 26.9 Å². The Morgan fingerprint density at radius 1 is 1.41 bits per heavy atom. The predicted octanol–water partition coefficient (Wildman–Crippen LogP) is 2.01. The number of hydrogen-bond acceptors (Lipinski definition) is 4. The first-order valence-electron chi connectivity index (χ1n) is 5.63. The van der Waals surface area contributed by atoms with Crippen molar-refractivity contribution in [1.82, 2.24) is 0 Å². The summed E-state index contributed by atoms with van der Waals surface area (Å²) in [7, 11) is 1.59. The summed E-state index contributed by atoms with van der Waals surface area (Å²) < 4.78 is 16.4. The van der Waals surface area contributed by atoms with Crippen LogP contribution < -0.4 is 19.9 Å². The van der Waals surface area contributed by atoms with Crippen molar-refractivity contribution >= 4 is 11.6 Å². The lowest BCUT2D eigenvalue weighted by Gasteiger charge is -2.23. The van der Waals surface area contributed by atoms with E-state index >= 15 is 0 Å². The predicted molar refractivity (Wildman–Crippen MR) is 66.4 cm³/mol. The lowest BCUT2D eigenvalue weighted by Crippen LogP contribution is -2.17. The molecule has 0 saturated heterocycles. The van der Waals surface area contributed by atoms with Gasteiger partial charge in [-0.25, -0.2) is 0 Å². The van der Waals surface area contributed by atoms with Gasteiger partial charge in [-0.05, 0) is 19.4 Å². The fourth-order valence-electron chi connectivity index (χ4n) is 1.86. The van der Waals surface area contributed by atoms with Crippen LogP contribution in [0.1, 0.15) is 12.0 Å². The Labute approximate surface area is 106 Å². The molecule has 0 radical (unpaired) electrons. The molecule has 1 heterocycles. The second-order valence-corrected chi connectivity index (χ2v) is 4.17. The minimum atomic E-state index is 0.547. The van der Waals surface area contributed by atoms with Gasteiger partial charge in [0.05, 0.1) is 12.1 Å². The highest BCUT2D eigenvalue weighted by atomic mass is 35.5. The molecule has 0 unspecified atom stereocenters. The average molecular weight is 258 g/mol. The van der Waals surface area contributed by atoms with E-state index in [2.05, 4.69) is 0 Å². The summed E-state index contributed by atoms with van der Waals surface area (Å²) in [4.78, 5) is 0. The van der Waals surface area contributed by atoms with Crippen molar-refractivity contribution < 1.29 is 14.2 Å². The zero-order chi connectivity index (χ0) is 12.3. The maximum absolute atomic E-state index is 6.28. The number of ether oxygens (including phenoxy) is 3. The molecule has 1 aromatic carbocycles. The molecule has 2 N–H and O–H groups in total. The number of hydrogen-bond donors (Lipinski definition) is 1. The molecule has 5 heteroatoms. The molecule has 0 bridgehead atoms. The van der Waals surface area contributed by atoms with Crippen molar-refractivity contribution in [2.75, 3.05) is 26.9 Å². The largest absolute Gasteiger partial charge is 0.495 e. The molecule has 4 nitrogen and oxygen atoms in total. The van der Waals surface area contributed by atoms with E-state index in [1.165, 1.54) is 0 Å². The molecular weight excluding hydrogens is 242 g/mol. The molecule has 2 rings (SSSR count). The van der Waals surface area contributed by atoms with Crippen LogP contribution in [0, 0.1) is 0 Å². The van der Waals surface area contributed by atoms with Crippen molar-refractivity contribution in [3.63, 3.8) is 0 Å². The molecule has 0 spiro atoms. The van der Waals surface area contributed by atoms with Crippen LogP contribution >= 0.6 is 11.6 Å². The first kappa shape index (κ1) is 12.3. The molecule has 1 aromatic rings. The summed E-state index contributed by atoms with van der Waals surface area (Å²) in [6.07, 6.45) is 1.61. The molecule has 0 aliphatic carbocycles. The van der Waals surface area contributed by atoms with E-state index in [1.54, 1.807) is 13.2 Å². The summed E-state index contributed by atoms with van der Waals surface area (Å²) in [6, 6.07) is 1.77. The standard InChI is InChI=1S/C12H16ClNO3/c1-15-9-7-10-12(17-6-5-16-10)8(11(9)13)3-2-4-14/h7H,2-6,14H2,1H3. The first-order chi connectivity index (χ1) is 8.27.